The van der Waals surface area contributed by atoms with Crippen LogP contribution in [-0.2, 0) is 0 Å². The molecule has 1 aliphatic rings. The van der Waals surface area contributed by atoms with E-state index in [-0.39, 0.29) is 0 Å². The Balaban J connectivity index is 2.10. The van der Waals surface area contributed by atoms with Gasteiger partial charge in [0, 0.05) is 30.1 Å². The quantitative estimate of drug-likeness (QED) is 0.693. The highest BCUT2D eigenvalue weighted by molar-refractivity contribution is 7.99. The average Bonchev–Trinajstić information content (AvgIpc) is 2.29. The van der Waals surface area contributed by atoms with Crippen LogP contribution in [0.3, 0.4) is 0 Å². The lowest BCUT2D eigenvalue weighted by molar-refractivity contribution is 0.163. The first-order chi connectivity index (χ1) is 7.75. The van der Waals surface area contributed by atoms with Crippen LogP contribution in [-0.4, -0.2) is 48.1 Å². The second-order valence-corrected chi connectivity index (χ2v) is 6.05. The molecule has 2 nitrogen and oxygen atoms in total. The summed E-state index contributed by atoms with van der Waals surface area (Å²) in [7, 11) is 0. The fraction of sp³-hybridized carbons (Fsp3) is 1.00. The van der Waals surface area contributed by atoms with Crippen molar-refractivity contribution in [3.8, 4) is 0 Å². The molecule has 16 heavy (non-hydrogen) atoms. The molecule has 0 radical (unpaired) electrons. The van der Waals surface area contributed by atoms with Crippen LogP contribution >= 0.6 is 11.8 Å². The van der Waals surface area contributed by atoms with E-state index >= 15 is 0 Å². The number of hydrogen-bond donors (Lipinski definition) is 1. The number of nitrogens with zero attached hydrogens (tertiary/aromatic N) is 1. The summed E-state index contributed by atoms with van der Waals surface area (Å²) in [4.78, 5) is 2.69. The molecule has 0 saturated carbocycles. The van der Waals surface area contributed by atoms with Crippen LogP contribution in [0.5, 0.6) is 0 Å². The molecule has 0 spiro atoms. The van der Waals surface area contributed by atoms with Gasteiger partial charge in [0.05, 0.1) is 0 Å². The maximum Gasteiger partial charge on any atom is 0.0161 e. The second-order valence-electron chi connectivity index (χ2n) is 4.90. The minimum Gasteiger partial charge on any atom is -0.317 e. The predicted octanol–water partition coefficient (Wildman–Crippen LogP) is 2.59. The van der Waals surface area contributed by atoms with Crippen molar-refractivity contribution in [2.75, 3.05) is 31.1 Å². The van der Waals surface area contributed by atoms with Crippen molar-refractivity contribution in [2.45, 2.75) is 52.1 Å². The zero-order valence-electron chi connectivity index (χ0n) is 11.2. The van der Waals surface area contributed by atoms with Gasteiger partial charge in [0.25, 0.3) is 0 Å². The summed E-state index contributed by atoms with van der Waals surface area (Å²) >= 11 is 2.11. The fourth-order valence-electron chi connectivity index (χ4n) is 2.38. The van der Waals surface area contributed by atoms with E-state index in [0.29, 0.717) is 0 Å². The zero-order chi connectivity index (χ0) is 11.8. The lowest BCUT2D eigenvalue weighted by Gasteiger charge is -2.37. The van der Waals surface area contributed by atoms with E-state index in [1.165, 1.54) is 50.4 Å². The van der Waals surface area contributed by atoms with Gasteiger partial charge in [-0.1, -0.05) is 6.92 Å². The van der Waals surface area contributed by atoms with E-state index in [4.69, 9.17) is 0 Å². The van der Waals surface area contributed by atoms with Gasteiger partial charge in [-0.15, -0.1) is 0 Å². The van der Waals surface area contributed by atoms with Crippen LogP contribution in [0.1, 0.15) is 40.0 Å². The van der Waals surface area contributed by atoms with Gasteiger partial charge in [0.2, 0.25) is 0 Å². The summed E-state index contributed by atoms with van der Waals surface area (Å²) in [5.41, 5.74) is 0. The third-order valence-electron chi connectivity index (χ3n) is 3.39. The molecule has 0 aliphatic carbocycles. The van der Waals surface area contributed by atoms with Crippen LogP contribution < -0.4 is 5.32 Å². The average molecular weight is 244 g/mol. The zero-order valence-corrected chi connectivity index (χ0v) is 12.0. The molecule has 0 aromatic heterocycles. The Morgan fingerprint density at radius 2 is 2.25 bits per heavy atom. The van der Waals surface area contributed by atoms with Crippen LogP contribution in [0.25, 0.3) is 0 Å². The van der Waals surface area contributed by atoms with Crippen molar-refractivity contribution in [3.05, 3.63) is 0 Å². The number of rotatable bonds is 7. The Bertz CT molecular complexity index is 175. The maximum absolute atomic E-state index is 3.48. The Hall–Kier alpha value is 0.270. The molecular formula is C13H28N2S. The minimum absolute atomic E-state index is 0.763. The van der Waals surface area contributed by atoms with Crippen LogP contribution in [0.15, 0.2) is 0 Å². The van der Waals surface area contributed by atoms with E-state index in [1.807, 2.05) is 0 Å². The second kappa shape index (κ2) is 8.37. The molecule has 1 N–H and O–H groups in total. The standard InChI is InChI=1S/C13H28N2S/c1-4-7-14-8-5-6-12(2)15-9-10-16-11-13(15)3/h12-14H,4-11H2,1-3H3. The Kier molecular flexibility index (Phi) is 7.50. The Morgan fingerprint density at radius 3 is 2.94 bits per heavy atom. The molecule has 1 heterocycles. The highest BCUT2D eigenvalue weighted by Crippen LogP contribution is 2.20. The van der Waals surface area contributed by atoms with Crippen molar-refractivity contribution in [2.24, 2.45) is 0 Å². The smallest absolute Gasteiger partial charge is 0.0161 e. The molecular weight excluding hydrogens is 216 g/mol. The summed E-state index contributed by atoms with van der Waals surface area (Å²) in [6.07, 6.45) is 3.90. The number of hydrogen-bond acceptors (Lipinski definition) is 3. The van der Waals surface area contributed by atoms with Gasteiger partial charge in [0.15, 0.2) is 0 Å². The van der Waals surface area contributed by atoms with Gasteiger partial charge < -0.3 is 5.32 Å². The monoisotopic (exact) mass is 244 g/mol. The molecule has 0 bridgehead atoms. The summed E-state index contributed by atoms with van der Waals surface area (Å²) < 4.78 is 0. The van der Waals surface area contributed by atoms with Crippen molar-refractivity contribution in [1.29, 1.82) is 0 Å². The third-order valence-corrected chi connectivity index (χ3v) is 4.58. The topological polar surface area (TPSA) is 15.3 Å². The molecule has 1 rings (SSSR count). The predicted molar refractivity (Wildman–Crippen MR) is 75.3 cm³/mol. The molecule has 2 unspecified atom stereocenters. The molecule has 1 saturated heterocycles. The van der Waals surface area contributed by atoms with Crippen LogP contribution in [0, 0.1) is 0 Å². The summed E-state index contributed by atoms with van der Waals surface area (Å²) in [5, 5.41) is 3.48. The summed E-state index contributed by atoms with van der Waals surface area (Å²) in [5.74, 6) is 2.64. The summed E-state index contributed by atoms with van der Waals surface area (Å²) in [6.45, 7) is 10.6. The van der Waals surface area contributed by atoms with Gasteiger partial charge in [-0.2, -0.15) is 11.8 Å². The van der Waals surface area contributed by atoms with E-state index in [1.54, 1.807) is 0 Å². The molecule has 2 atom stereocenters. The molecule has 0 aromatic rings. The first-order valence-corrected chi connectivity index (χ1v) is 7.95. The van der Waals surface area contributed by atoms with Gasteiger partial charge in [-0.3, -0.25) is 4.90 Å². The van der Waals surface area contributed by atoms with E-state index in [0.717, 1.165) is 12.1 Å². The van der Waals surface area contributed by atoms with Gasteiger partial charge >= 0.3 is 0 Å². The molecule has 0 aromatic carbocycles. The highest BCUT2D eigenvalue weighted by atomic mass is 32.2. The van der Waals surface area contributed by atoms with E-state index < -0.39 is 0 Å². The first-order valence-electron chi connectivity index (χ1n) is 6.80. The highest BCUT2D eigenvalue weighted by Gasteiger charge is 2.22. The largest absolute Gasteiger partial charge is 0.317 e. The van der Waals surface area contributed by atoms with Gasteiger partial charge in [0.1, 0.15) is 0 Å². The molecule has 0 amide bonds. The van der Waals surface area contributed by atoms with Crippen LogP contribution in [0.4, 0.5) is 0 Å². The van der Waals surface area contributed by atoms with Gasteiger partial charge in [-0.05, 0) is 46.2 Å². The third kappa shape index (κ3) is 5.07. The van der Waals surface area contributed by atoms with Crippen LogP contribution in [0.2, 0.25) is 0 Å². The number of nitrogens with one attached hydrogen (secondary N) is 1. The molecule has 1 aliphatic heterocycles. The minimum atomic E-state index is 0.763. The molecule has 1 fully saturated rings. The van der Waals surface area contributed by atoms with Crippen molar-refractivity contribution < 1.29 is 0 Å². The SMILES string of the molecule is CCCNCCCC(C)N1CCSCC1C. The summed E-state index contributed by atoms with van der Waals surface area (Å²) in [6, 6.07) is 1.54. The molecule has 3 heteroatoms. The maximum atomic E-state index is 3.48. The van der Waals surface area contributed by atoms with E-state index in [9.17, 15) is 0 Å². The lowest BCUT2D eigenvalue weighted by atomic mass is 10.1. The number of thioether (sulfide) groups is 1. The molecule has 96 valence electrons. The Labute approximate surface area is 106 Å². The van der Waals surface area contributed by atoms with Crippen molar-refractivity contribution in [1.82, 2.24) is 10.2 Å². The van der Waals surface area contributed by atoms with E-state index in [2.05, 4.69) is 42.7 Å². The Morgan fingerprint density at radius 1 is 1.44 bits per heavy atom. The normalized spacial score (nSPS) is 24.6. The van der Waals surface area contributed by atoms with Crippen molar-refractivity contribution >= 4 is 11.8 Å². The van der Waals surface area contributed by atoms with Crippen molar-refractivity contribution in [3.63, 3.8) is 0 Å². The van der Waals surface area contributed by atoms with Gasteiger partial charge in [-0.25, -0.2) is 0 Å². The first kappa shape index (κ1) is 14.3. The lowest BCUT2D eigenvalue weighted by Crippen LogP contribution is -2.45. The fourth-order valence-corrected chi connectivity index (χ4v) is 3.42.